The molecule has 0 unspecified atom stereocenters. The number of carbonyl (C=O) groups is 2. The van der Waals surface area contributed by atoms with E-state index in [1.165, 1.54) is 36.7 Å². The molecule has 0 aliphatic heterocycles. The van der Waals surface area contributed by atoms with Crippen LogP contribution in [0.1, 0.15) is 21.5 Å². The third-order valence-electron chi connectivity index (χ3n) is 3.52. The molecular weight excluding hydrogens is 337 g/mol. The third-order valence-corrected chi connectivity index (χ3v) is 3.52. The number of rotatable bonds is 6. The van der Waals surface area contributed by atoms with E-state index in [9.17, 15) is 22.8 Å². The minimum absolute atomic E-state index is 0.0224. The maximum atomic E-state index is 12.8. The van der Waals surface area contributed by atoms with Crippen molar-refractivity contribution in [1.29, 1.82) is 0 Å². The van der Waals surface area contributed by atoms with Gasteiger partial charge in [-0.05, 0) is 41.8 Å². The Morgan fingerprint density at radius 2 is 1.60 bits per heavy atom. The minimum Gasteiger partial charge on any atom is -0.478 e. The molecule has 0 spiro atoms. The zero-order chi connectivity index (χ0) is 18.4. The minimum atomic E-state index is -4.97. The number of hydrogen-bond acceptors (Lipinski definition) is 3. The number of nitrogens with zero attached hydrogens (tertiary/aromatic N) is 2. The van der Waals surface area contributed by atoms with E-state index >= 15 is 0 Å². The molecule has 2 rings (SSSR count). The van der Waals surface area contributed by atoms with Crippen molar-refractivity contribution in [2.24, 2.45) is 0 Å². The number of amides is 1. The van der Waals surface area contributed by atoms with Crippen molar-refractivity contribution in [3.63, 3.8) is 0 Å². The van der Waals surface area contributed by atoms with E-state index in [-0.39, 0.29) is 25.1 Å². The quantitative estimate of drug-likeness (QED) is 0.868. The van der Waals surface area contributed by atoms with Crippen molar-refractivity contribution in [3.05, 3.63) is 65.5 Å². The van der Waals surface area contributed by atoms with E-state index in [1.807, 2.05) is 0 Å². The van der Waals surface area contributed by atoms with Crippen LogP contribution in [0, 0.1) is 0 Å². The third kappa shape index (κ3) is 5.30. The van der Waals surface area contributed by atoms with Crippen LogP contribution in [0.5, 0.6) is 0 Å². The summed E-state index contributed by atoms with van der Waals surface area (Å²) in [5.74, 6) is -3.06. The van der Waals surface area contributed by atoms with Crippen LogP contribution in [-0.2, 0) is 17.8 Å². The lowest BCUT2D eigenvalue weighted by molar-refractivity contribution is -0.186. The molecular formula is C17H15F3N2O3. The zero-order valence-electron chi connectivity index (χ0n) is 13.0. The van der Waals surface area contributed by atoms with Gasteiger partial charge in [-0.25, -0.2) is 4.79 Å². The van der Waals surface area contributed by atoms with E-state index in [4.69, 9.17) is 5.11 Å². The Kier molecular flexibility index (Phi) is 5.74. The fourth-order valence-electron chi connectivity index (χ4n) is 2.22. The molecule has 1 N–H and O–H groups in total. The van der Waals surface area contributed by atoms with E-state index in [2.05, 4.69) is 4.98 Å². The summed E-state index contributed by atoms with van der Waals surface area (Å²) >= 11 is 0. The van der Waals surface area contributed by atoms with Gasteiger partial charge in [-0.1, -0.05) is 12.1 Å². The Balaban J connectivity index is 2.13. The number of alkyl halides is 3. The molecule has 0 bridgehead atoms. The highest BCUT2D eigenvalue weighted by atomic mass is 19.4. The van der Waals surface area contributed by atoms with Crippen LogP contribution < -0.4 is 0 Å². The summed E-state index contributed by atoms with van der Waals surface area (Å²) in [6.45, 7) is -0.383. The molecule has 1 amide bonds. The molecule has 8 heteroatoms. The summed E-state index contributed by atoms with van der Waals surface area (Å²) in [6, 6.07) is 8.70. The molecule has 25 heavy (non-hydrogen) atoms. The average Bonchev–Trinajstić information content (AvgIpc) is 2.58. The monoisotopic (exact) mass is 352 g/mol. The van der Waals surface area contributed by atoms with E-state index < -0.39 is 18.1 Å². The molecule has 0 saturated heterocycles. The number of carbonyl (C=O) groups excluding carboxylic acids is 1. The number of carboxylic acids is 1. The van der Waals surface area contributed by atoms with Crippen molar-refractivity contribution < 1.29 is 27.9 Å². The van der Waals surface area contributed by atoms with Crippen LogP contribution in [0.3, 0.4) is 0 Å². The second kappa shape index (κ2) is 7.78. The number of halogens is 3. The lowest BCUT2D eigenvalue weighted by atomic mass is 10.1. The van der Waals surface area contributed by atoms with Gasteiger partial charge in [0.1, 0.15) is 0 Å². The van der Waals surface area contributed by atoms with Crippen molar-refractivity contribution in [2.75, 3.05) is 6.54 Å². The van der Waals surface area contributed by atoms with Gasteiger partial charge in [0, 0.05) is 25.5 Å². The standard InChI is InChI=1S/C17H15F3N2O3/c18-17(19,20)16(25)22(10-7-12-5-8-21-9-6-12)11-13-1-3-14(4-2-13)15(23)24/h1-6,8-9H,7,10-11H2,(H,23,24). The van der Waals surface area contributed by atoms with Gasteiger partial charge in [-0.15, -0.1) is 0 Å². The first kappa shape index (κ1) is 18.4. The second-order valence-electron chi connectivity index (χ2n) is 5.33. The zero-order valence-corrected chi connectivity index (χ0v) is 13.0. The summed E-state index contributed by atoms with van der Waals surface area (Å²) in [5.41, 5.74) is 1.20. The van der Waals surface area contributed by atoms with Gasteiger partial charge >= 0.3 is 18.1 Å². The van der Waals surface area contributed by atoms with Crippen molar-refractivity contribution >= 4 is 11.9 Å². The van der Waals surface area contributed by atoms with Crippen molar-refractivity contribution in [3.8, 4) is 0 Å². The number of aromatic nitrogens is 1. The highest BCUT2D eigenvalue weighted by Gasteiger charge is 2.42. The van der Waals surface area contributed by atoms with Gasteiger partial charge in [0.2, 0.25) is 0 Å². The topological polar surface area (TPSA) is 70.5 Å². The van der Waals surface area contributed by atoms with Gasteiger partial charge in [-0.2, -0.15) is 13.2 Å². The van der Waals surface area contributed by atoms with Crippen molar-refractivity contribution in [1.82, 2.24) is 9.88 Å². The van der Waals surface area contributed by atoms with Crippen LogP contribution in [-0.4, -0.2) is 39.6 Å². The number of benzene rings is 1. The van der Waals surface area contributed by atoms with Gasteiger partial charge in [-0.3, -0.25) is 9.78 Å². The van der Waals surface area contributed by atoms with E-state index in [0.29, 0.717) is 10.5 Å². The summed E-state index contributed by atoms with van der Waals surface area (Å²) in [6.07, 6.45) is -1.68. The van der Waals surface area contributed by atoms with Gasteiger partial charge in [0.05, 0.1) is 5.56 Å². The van der Waals surface area contributed by atoms with Crippen LogP contribution in [0.2, 0.25) is 0 Å². The molecule has 0 saturated carbocycles. The molecule has 2 aromatic rings. The smallest absolute Gasteiger partial charge is 0.471 e. The van der Waals surface area contributed by atoms with E-state index in [1.54, 1.807) is 12.1 Å². The van der Waals surface area contributed by atoms with Gasteiger partial charge < -0.3 is 10.0 Å². The molecule has 0 aliphatic carbocycles. The predicted octanol–water partition coefficient (Wildman–Crippen LogP) is 2.91. The molecule has 1 aromatic carbocycles. The molecule has 1 aromatic heterocycles. The van der Waals surface area contributed by atoms with Crippen LogP contribution >= 0.6 is 0 Å². The first-order chi connectivity index (χ1) is 11.8. The predicted molar refractivity (Wildman–Crippen MR) is 82.8 cm³/mol. The highest BCUT2D eigenvalue weighted by Crippen LogP contribution is 2.20. The Bertz CT molecular complexity index is 731. The molecule has 0 aliphatic rings. The largest absolute Gasteiger partial charge is 0.478 e. The summed E-state index contributed by atoms with van der Waals surface area (Å²) in [4.78, 5) is 27.0. The summed E-state index contributed by atoms with van der Waals surface area (Å²) in [7, 11) is 0. The Morgan fingerprint density at radius 1 is 1.00 bits per heavy atom. The van der Waals surface area contributed by atoms with Crippen LogP contribution in [0.15, 0.2) is 48.8 Å². The molecule has 1 heterocycles. The molecule has 132 valence electrons. The lowest BCUT2D eigenvalue weighted by Gasteiger charge is -2.24. The van der Waals surface area contributed by atoms with Gasteiger partial charge in [0.15, 0.2) is 0 Å². The first-order valence-electron chi connectivity index (χ1n) is 7.34. The van der Waals surface area contributed by atoms with Gasteiger partial charge in [0.25, 0.3) is 0 Å². The number of carboxylic acid groups (broad SMARTS) is 1. The highest BCUT2D eigenvalue weighted by molar-refractivity contribution is 5.87. The number of aromatic carboxylic acids is 1. The molecule has 0 fully saturated rings. The Morgan fingerprint density at radius 3 is 2.12 bits per heavy atom. The number of pyridine rings is 1. The lowest BCUT2D eigenvalue weighted by Crippen LogP contribution is -2.41. The maximum absolute atomic E-state index is 12.8. The first-order valence-corrected chi connectivity index (χ1v) is 7.34. The maximum Gasteiger partial charge on any atom is 0.471 e. The fraction of sp³-hybridized carbons (Fsp3) is 0.235. The summed E-state index contributed by atoms with van der Waals surface area (Å²) < 4.78 is 38.5. The van der Waals surface area contributed by atoms with Crippen molar-refractivity contribution in [2.45, 2.75) is 19.1 Å². The van der Waals surface area contributed by atoms with Crippen LogP contribution in [0.25, 0.3) is 0 Å². The normalized spacial score (nSPS) is 11.2. The molecule has 0 atom stereocenters. The Labute approximate surface area is 141 Å². The Hall–Kier alpha value is -2.90. The van der Waals surface area contributed by atoms with Crippen LogP contribution in [0.4, 0.5) is 13.2 Å². The average molecular weight is 352 g/mol. The number of hydrogen-bond donors (Lipinski definition) is 1. The molecule has 5 nitrogen and oxygen atoms in total. The summed E-state index contributed by atoms with van der Waals surface area (Å²) in [5, 5.41) is 8.84. The van der Waals surface area contributed by atoms with E-state index in [0.717, 1.165) is 5.56 Å². The second-order valence-corrected chi connectivity index (χ2v) is 5.33. The SMILES string of the molecule is O=C(O)c1ccc(CN(CCc2ccncc2)C(=O)C(F)(F)F)cc1. The fourth-order valence-corrected chi connectivity index (χ4v) is 2.22. The molecule has 0 radical (unpaired) electrons.